The van der Waals surface area contributed by atoms with Crippen molar-refractivity contribution in [3.8, 4) is 0 Å². The summed E-state index contributed by atoms with van der Waals surface area (Å²) in [6.45, 7) is 4.77. The molecule has 3 fully saturated rings. The molecule has 74 valence electrons. The molecule has 0 radical (unpaired) electrons. The van der Waals surface area contributed by atoms with E-state index < -0.39 is 0 Å². The second-order valence-corrected chi connectivity index (χ2v) is 6.24. The first-order chi connectivity index (χ1) is 6.07. The number of fused-ring (bicyclic) bond motifs is 1. The summed E-state index contributed by atoms with van der Waals surface area (Å²) < 4.78 is 0. The van der Waals surface area contributed by atoms with Crippen molar-refractivity contribution in [2.75, 3.05) is 0 Å². The van der Waals surface area contributed by atoms with E-state index in [9.17, 15) is 0 Å². The molecule has 3 saturated carbocycles. The Kier molecular flexibility index (Phi) is 1.36. The molecule has 2 N–H and O–H groups in total. The van der Waals surface area contributed by atoms with Crippen LogP contribution in [0.15, 0.2) is 0 Å². The number of rotatable bonds is 1. The molecule has 13 heavy (non-hydrogen) atoms. The predicted molar refractivity (Wildman–Crippen MR) is 54.3 cm³/mol. The van der Waals surface area contributed by atoms with Gasteiger partial charge >= 0.3 is 0 Å². The summed E-state index contributed by atoms with van der Waals surface area (Å²) in [5.74, 6) is 2.68. The third kappa shape index (κ3) is 0.918. The molecule has 1 nitrogen and oxygen atoms in total. The quantitative estimate of drug-likeness (QED) is 0.657. The minimum absolute atomic E-state index is 0.292. The maximum absolute atomic E-state index is 6.58. The first-order valence-electron chi connectivity index (χ1n) is 5.86. The Hall–Kier alpha value is -0.0400. The molecule has 0 aromatic heterocycles. The van der Waals surface area contributed by atoms with Gasteiger partial charge in [-0.25, -0.2) is 0 Å². The van der Waals surface area contributed by atoms with Crippen molar-refractivity contribution in [1.29, 1.82) is 0 Å². The number of nitrogens with two attached hydrogens (primary N) is 1. The topological polar surface area (TPSA) is 26.0 Å². The highest BCUT2D eigenvalue weighted by molar-refractivity contribution is 5.26. The van der Waals surface area contributed by atoms with Crippen molar-refractivity contribution in [3.63, 3.8) is 0 Å². The molecule has 3 rings (SSSR count). The fourth-order valence-electron chi connectivity index (χ4n) is 4.06. The summed E-state index contributed by atoms with van der Waals surface area (Å²) in [6, 6.07) is 0. The molecule has 0 heterocycles. The van der Waals surface area contributed by atoms with E-state index in [1.807, 2.05) is 0 Å². The van der Waals surface area contributed by atoms with Gasteiger partial charge < -0.3 is 5.73 Å². The average molecular weight is 179 g/mol. The Labute approximate surface area is 81.1 Å². The second-order valence-electron chi connectivity index (χ2n) is 6.24. The zero-order chi connectivity index (χ0) is 9.27. The SMILES string of the molecule is CC1(C)CC1C1(N)C2CCCCC21. The highest BCUT2D eigenvalue weighted by Gasteiger charge is 2.72. The predicted octanol–water partition coefficient (Wildman–Crippen LogP) is 2.55. The highest BCUT2D eigenvalue weighted by atomic mass is 15.0. The van der Waals surface area contributed by atoms with E-state index in [1.54, 1.807) is 0 Å². The molecule has 0 aromatic rings. The summed E-state index contributed by atoms with van der Waals surface area (Å²) in [5.41, 5.74) is 7.44. The van der Waals surface area contributed by atoms with E-state index in [2.05, 4.69) is 13.8 Å². The lowest BCUT2D eigenvalue weighted by molar-refractivity contribution is 0.423. The van der Waals surface area contributed by atoms with Gasteiger partial charge in [0.1, 0.15) is 0 Å². The van der Waals surface area contributed by atoms with E-state index in [4.69, 9.17) is 5.73 Å². The summed E-state index contributed by atoms with van der Waals surface area (Å²) in [6.07, 6.45) is 7.11. The first-order valence-corrected chi connectivity index (χ1v) is 5.86. The van der Waals surface area contributed by atoms with E-state index >= 15 is 0 Å². The fraction of sp³-hybridized carbons (Fsp3) is 1.00. The molecule has 3 aliphatic carbocycles. The number of hydrogen-bond acceptors (Lipinski definition) is 1. The molecule has 0 aromatic carbocycles. The van der Waals surface area contributed by atoms with Crippen LogP contribution in [0.25, 0.3) is 0 Å². The molecular weight excluding hydrogens is 158 g/mol. The average Bonchev–Trinajstić information content (AvgIpc) is 2.91. The van der Waals surface area contributed by atoms with Crippen LogP contribution in [0.1, 0.15) is 46.0 Å². The summed E-state index contributed by atoms with van der Waals surface area (Å²) in [7, 11) is 0. The van der Waals surface area contributed by atoms with Crippen molar-refractivity contribution >= 4 is 0 Å². The van der Waals surface area contributed by atoms with Gasteiger partial charge in [0.05, 0.1) is 0 Å². The van der Waals surface area contributed by atoms with Crippen LogP contribution in [0.4, 0.5) is 0 Å². The van der Waals surface area contributed by atoms with E-state index in [-0.39, 0.29) is 0 Å². The van der Waals surface area contributed by atoms with Gasteiger partial charge in [-0.2, -0.15) is 0 Å². The summed E-state index contributed by atoms with van der Waals surface area (Å²) in [4.78, 5) is 0. The van der Waals surface area contributed by atoms with Gasteiger partial charge in [-0.1, -0.05) is 26.7 Å². The third-order valence-electron chi connectivity index (χ3n) is 5.06. The van der Waals surface area contributed by atoms with Crippen molar-refractivity contribution < 1.29 is 0 Å². The molecule has 0 saturated heterocycles. The van der Waals surface area contributed by atoms with Crippen molar-refractivity contribution in [2.24, 2.45) is 28.9 Å². The zero-order valence-electron chi connectivity index (χ0n) is 8.84. The Bertz CT molecular complexity index is 232. The summed E-state index contributed by atoms with van der Waals surface area (Å²) >= 11 is 0. The molecule has 0 spiro atoms. The van der Waals surface area contributed by atoms with Crippen molar-refractivity contribution in [1.82, 2.24) is 0 Å². The van der Waals surface area contributed by atoms with E-state index in [1.165, 1.54) is 32.1 Å². The molecule has 3 aliphatic rings. The van der Waals surface area contributed by atoms with Crippen LogP contribution in [0.3, 0.4) is 0 Å². The summed E-state index contributed by atoms with van der Waals surface area (Å²) in [5, 5.41) is 0. The van der Waals surface area contributed by atoms with Crippen molar-refractivity contribution in [3.05, 3.63) is 0 Å². The fourth-order valence-corrected chi connectivity index (χ4v) is 4.06. The lowest BCUT2D eigenvalue weighted by Gasteiger charge is -2.13. The third-order valence-corrected chi connectivity index (χ3v) is 5.06. The van der Waals surface area contributed by atoms with E-state index in [0.717, 1.165) is 17.8 Å². The Balaban J connectivity index is 1.78. The molecule has 3 unspecified atom stereocenters. The monoisotopic (exact) mass is 179 g/mol. The Morgan fingerprint density at radius 1 is 1.08 bits per heavy atom. The van der Waals surface area contributed by atoms with Gasteiger partial charge in [0.15, 0.2) is 0 Å². The zero-order valence-corrected chi connectivity index (χ0v) is 8.84. The minimum atomic E-state index is 0.292. The largest absolute Gasteiger partial charge is 0.324 e. The normalized spacial score (nSPS) is 57.0. The lowest BCUT2D eigenvalue weighted by Crippen LogP contribution is -2.31. The highest BCUT2D eigenvalue weighted by Crippen LogP contribution is 2.71. The van der Waals surface area contributed by atoms with Crippen LogP contribution in [0.2, 0.25) is 0 Å². The van der Waals surface area contributed by atoms with Crippen LogP contribution in [-0.4, -0.2) is 5.54 Å². The molecule has 0 aliphatic heterocycles. The molecule has 0 amide bonds. The smallest absolute Gasteiger partial charge is 0.0252 e. The maximum atomic E-state index is 6.58. The number of hydrogen-bond donors (Lipinski definition) is 1. The van der Waals surface area contributed by atoms with Crippen molar-refractivity contribution in [2.45, 2.75) is 51.5 Å². The molecule has 1 heteroatoms. The Morgan fingerprint density at radius 3 is 1.92 bits per heavy atom. The lowest BCUT2D eigenvalue weighted by atomic mass is 9.99. The standard InChI is InChI=1S/C12H21N/c1-11(2)7-10(11)12(13)8-5-3-4-6-9(8)12/h8-10H,3-7,13H2,1-2H3. The maximum Gasteiger partial charge on any atom is 0.0252 e. The van der Waals surface area contributed by atoms with Gasteiger partial charge in [-0.15, -0.1) is 0 Å². The molecule has 0 bridgehead atoms. The second kappa shape index (κ2) is 2.13. The van der Waals surface area contributed by atoms with E-state index in [0.29, 0.717) is 11.0 Å². The van der Waals surface area contributed by atoms with Crippen LogP contribution in [0, 0.1) is 23.2 Å². The molecule has 3 atom stereocenters. The van der Waals surface area contributed by atoms with Gasteiger partial charge in [0.25, 0.3) is 0 Å². The van der Waals surface area contributed by atoms with Crippen LogP contribution in [-0.2, 0) is 0 Å². The van der Waals surface area contributed by atoms with Crippen LogP contribution in [0.5, 0.6) is 0 Å². The van der Waals surface area contributed by atoms with Gasteiger partial charge in [-0.05, 0) is 42.4 Å². The van der Waals surface area contributed by atoms with Crippen LogP contribution >= 0.6 is 0 Å². The van der Waals surface area contributed by atoms with Crippen LogP contribution < -0.4 is 5.73 Å². The van der Waals surface area contributed by atoms with Gasteiger partial charge in [-0.3, -0.25) is 0 Å². The molecular formula is C12H21N. The minimum Gasteiger partial charge on any atom is -0.324 e. The van der Waals surface area contributed by atoms with Gasteiger partial charge in [0.2, 0.25) is 0 Å². The van der Waals surface area contributed by atoms with Gasteiger partial charge in [0, 0.05) is 5.54 Å². The Morgan fingerprint density at radius 2 is 1.54 bits per heavy atom. The first kappa shape index (κ1) is 8.28.